The number of rotatable bonds is 3. The molecule has 1 fully saturated rings. The van der Waals surface area contributed by atoms with Gasteiger partial charge >= 0.3 is 12.1 Å². The number of nitrogens with two attached hydrogens (primary N) is 1. The molecule has 0 bridgehead atoms. The number of nitrogens with one attached hydrogen (secondary N) is 1. The SMILES string of the molecule is CC(C)(C)OC(=O)NC[C@H]1CC[C@](N)(C(=O)O)C1. The third-order valence-electron chi connectivity index (χ3n) is 3.01. The van der Waals surface area contributed by atoms with Gasteiger partial charge in [0.1, 0.15) is 11.1 Å². The van der Waals surface area contributed by atoms with Crippen LogP contribution < -0.4 is 11.1 Å². The van der Waals surface area contributed by atoms with E-state index >= 15 is 0 Å². The molecule has 18 heavy (non-hydrogen) atoms. The molecule has 0 unspecified atom stereocenters. The van der Waals surface area contributed by atoms with E-state index in [0.717, 1.165) is 0 Å². The average Bonchev–Trinajstić information content (AvgIpc) is 2.56. The molecule has 0 aliphatic heterocycles. The lowest BCUT2D eigenvalue weighted by atomic mass is 9.98. The number of amides is 1. The third-order valence-corrected chi connectivity index (χ3v) is 3.01. The molecule has 1 amide bonds. The van der Waals surface area contributed by atoms with Crippen molar-refractivity contribution >= 4 is 12.1 Å². The standard InChI is InChI=1S/C12H22N2O4/c1-11(2,3)18-10(17)14-7-8-4-5-12(13,6-8)9(15)16/h8H,4-7,13H2,1-3H3,(H,14,17)(H,15,16)/t8-,12+/m0/s1. The topological polar surface area (TPSA) is 102 Å². The van der Waals surface area contributed by atoms with Gasteiger partial charge < -0.3 is 20.9 Å². The summed E-state index contributed by atoms with van der Waals surface area (Å²) in [6.45, 7) is 5.77. The van der Waals surface area contributed by atoms with Crippen LogP contribution in [-0.4, -0.2) is 34.9 Å². The maximum absolute atomic E-state index is 11.4. The number of alkyl carbamates (subject to hydrolysis) is 1. The predicted octanol–water partition coefficient (Wildman–Crippen LogP) is 1.09. The number of carbonyl (C=O) groups is 2. The van der Waals surface area contributed by atoms with Crippen molar-refractivity contribution in [3.05, 3.63) is 0 Å². The predicted molar refractivity (Wildman–Crippen MR) is 66.1 cm³/mol. The van der Waals surface area contributed by atoms with Crippen LogP contribution in [0.25, 0.3) is 0 Å². The lowest BCUT2D eigenvalue weighted by Gasteiger charge is -2.21. The normalized spacial score (nSPS) is 27.9. The highest BCUT2D eigenvalue weighted by Gasteiger charge is 2.42. The van der Waals surface area contributed by atoms with Gasteiger partial charge in [-0.3, -0.25) is 4.79 Å². The molecule has 2 atom stereocenters. The summed E-state index contributed by atoms with van der Waals surface area (Å²) >= 11 is 0. The second-order valence-corrected chi connectivity index (χ2v) is 5.95. The van der Waals surface area contributed by atoms with Crippen molar-refractivity contribution in [2.75, 3.05) is 6.54 Å². The van der Waals surface area contributed by atoms with Gasteiger partial charge in [-0.1, -0.05) is 0 Å². The molecular weight excluding hydrogens is 236 g/mol. The molecule has 1 aliphatic rings. The van der Waals surface area contributed by atoms with Crippen LogP contribution in [0.4, 0.5) is 4.79 Å². The van der Waals surface area contributed by atoms with Gasteiger partial charge in [-0.2, -0.15) is 0 Å². The van der Waals surface area contributed by atoms with E-state index in [9.17, 15) is 9.59 Å². The second-order valence-electron chi connectivity index (χ2n) is 5.95. The third kappa shape index (κ3) is 4.18. The van der Waals surface area contributed by atoms with Gasteiger partial charge in [-0.25, -0.2) is 4.79 Å². The first-order valence-corrected chi connectivity index (χ1v) is 6.11. The van der Waals surface area contributed by atoms with Crippen LogP contribution in [-0.2, 0) is 9.53 Å². The molecule has 0 saturated heterocycles. The zero-order chi connectivity index (χ0) is 14.0. The summed E-state index contributed by atoms with van der Waals surface area (Å²) in [5.41, 5.74) is 4.09. The zero-order valence-electron chi connectivity index (χ0n) is 11.2. The highest BCUT2D eigenvalue weighted by molar-refractivity contribution is 5.78. The lowest BCUT2D eigenvalue weighted by molar-refractivity contribution is -0.143. The molecule has 6 heteroatoms. The van der Waals surface area contributed by atoms with E-state index in [1.807, 2.05) is 0 Å². The molecule has 0 spiro atoms. The van der Waals surface area contributed by atoms with E-state index in [2.05, 4.69) is 5.32 Å². The second kappa shape index (κ2) is 5.14. The molecule has 104 valence electrons. The monoisotopic (exact) mass is 258 g/mol. The van der Waals surface area contributed by atoms with E-state index in [4.69, 9.17) is 15.6 Å². The van der Waals surface area contributed by atoms with Crippen molar-refractivity contribution in [3.8, 4) is 0 Å². The first-order valence-electron chi connectivity index (χ1n) is 6.11. The molecule has 1 aliphatic carbocycles. The number of aliphatic carboxylic acids is 1. The number of carboxylic acid groups (broad SMARTS) is 1. The molecule has 6 nitrogen and oxygen atoms in total. The van der Waals surface area contributed by atoms with Crippen LogP contribution >= 0.6 is 0 Å². The lowest BCUT2D eigenvalue weighted by Crippen LogP contribution is -2.46. The molecule has 1 rings (SSSR count). The molecule has 4 N–H and O–H groups in total. The Bertz CT molecular complexity index is 337. The molecule has 0 radical (unpaired) electrons. The summed E-state index contributed by atoms with van der Waals surface area (Å²) in [6.07, 6.45) is 1.06. The Kier molecular flexibility index (Phi) is 4.21. The van der Waals surface area contributed by atoms with Gasteiger partial charge in [0.05, 0.1) is 0 Å². The smallest absolute Gasteiger partial charge is 0.407 e. The van der Waals surface area contributed by atoms with E-state index in [-0.39, 0.29) is 5.92 Å². The minimum atomic E-state index is -1.14. The largest absolute Gasteiger partial charge is 0.480 e. The Morgan fingerprint density at radius 3 is 2.56 bits per heavy atom. The molecule has 1 saturated carbocycles. The fourth-order valence-electron chi connectivity index (χ4n) is 2.09. The summed E-state index contributed by atoms with van der Waals surface area (Å²) < 4.78 is 5.10. The van der Waals surface area contributed by atoms with Gasteiger partial charge in [0.2, 0.25) is 0 Å². The number of carbonyl (C=O) groups excluding carboxylic acids is 1. The quantitative estimate of drug-likeness (QED) is 0.703. The van der Waals surface area contributed by atoms with Crippen molar-refractivity contribution in [1.29, 1.82) is 0 Å². The van der Waals surface area contributed by atoms with Crippen molar-refractivity contribution < 1.29 is 19.4 Å². The van der Waals surface area contributed by atoms with Crippen LogP contribution in [0, 0.1) is 5.92 Å². The van der Waals surface area contributed by atoms with Crippen LogP contribution in [0.2, 0.25) is 0 Å². The van der Waals surface area contributed by atoms with Gasteiger partial charge in [0.15, 0.2) is 0 Å². The zero-order valence-corrected chi connectivity index (χ0v) is 11.2. The van der Waals surface area contributed by atoms with Crippen molar-refractivity contribution in [2.45, 2.75) is 51.2 Å². The fraction of sp³-hybridized carbons (Fsp3) is 0.833. The Balaban J connectivity index is 2.34. The highest BCUT2D eigenvalue weighted by Crippen LogP contribution is 2.32. The average molecular weight is 258 g/mol. The molecule has 0 aromatic carbocycles. The first-order chi connectivity index (χ1) is 8.12. The van der Waals surface area contributed by atoms with Crippen LogP contribution in [0.15, 0.2) is 0 Å². The maximum atomic E-state index is 11.4. The summed E-state index contributed by atoms with van der Waals surface area (Å²) in [5.74, 6) is -0.874. The van der Waals surface area contributed by atoms with Crippen LogP contribution in [0.1, 0.15) is 40.0 Å². The van der Waals surface area contributed by atoms with E-state index in [0.29, 0.717) is 25.8 Å². The number of ether oxygens (including phenoxy) is 1. The summed E-state index contributed by atoms with van der Waals surface area (Å²) in [7, 11) is 0. The molecule has 0 aromatic heterocycles. The molecule has 0 heterocycles. The molecular formula is C12H22N2O4. The van der Waals surface area contributed by atoms with E-state index in [1.165, 1.54) is 0 Å². The van der Waals surface area contributed by atoms with Crippen molar-refractivity contribution in [1.82, 2.24) is 5.32 Å². The summed E-state index contributed by atoms with van der Waals surface area (Å²) in [5, 5.41) is 11.6. The minimum Gasteiger partial charge on any atom is -0.480 e. The Hall–Kier alpha value is -1.30. The highest BCUT2D eigenvalue weighted by atomic mass is 16.6. The van der Waals surface area contributed by atoms with Crippen LogP contribution in [0.5, 0.6) is 0 Å². The summed E-state index contributed by atoms with van der Waals surface area (Å²) in [6, 6.07) is 0. The van der Waals surface area contributed by atoms with Crippen LogP contribution in [0.3, 0.4) is 0 Å². The molecule has 0 aromatic rings. The Morgan fingerprint density at radius 2 is 2.11 bits per heavy atom. The first kappa shape index (κ1) is 14.8. The Labute approximate surface area is 107 Å². The fourth-order valence-corrected chi connectivity index (χ4v) is 2.09. The number of hydrogen-bond donors (Lipinski definition) is 3. The summed E-state index contributed by atoms with van der Waals surface area (Å²) in [4.78, 5) is 22.4. The Morgan fingerprint density at radius 1 is 1.50 bits per heavy atom. The minimum absolute atomic E-state index is 0.0959. The van der Waals surface area contributed by atoms with E-state index < -0.39 is 23.2 Å². The van der Waals surface area contributed by atoms with Crippen molar-refractivity contribution in [3.63, 3.8) is 0 Å². The van der Waals surface area contributed by atoms with Gasteiger partial charge in [0.25, 0.3) is 0 Å². The van der Waals surface area contributed by atoms with Gasteiger partial charge in [-0.15, -0.1) is 0 Å². The maximum Gasteiger partial charge on any atom is 0.407 e. The number of hydrogen-bond acceptors (Lipinski definition) is 4. The number of carboxylic acids is 1. The van der Waals surface area contributed by atoms with Gasteiger partial charge in [0, 0.05) is 6.54 Å². The van der Waals surface area contributed by atoms with E-state index in [1.54, 1.807) is 20.8 Å². The van der Waals surface area contributed by atoms with Crippen molar-refractivity contribution in [2.24, 2.45) is 11.7 Å². The van der Waals surface area contributed by atoms with Gasteiger partial charge in [-0.05, 0) is 46.0 Å².